The topological polar surface area (TPSA) is 69.4 Å². The molecule has 0 bridgehead atoms. The van der Waals surface area contributed by atoms with E-state index >= 15 is 0 Å². The van der Waals surface area contributed by atoms with Crippen molar-refractivity contribution in [2.24, 2.45) is 5.73 Å². The van der Waals surface area contributed by atoms with Gasteiger partial charge in [-0.2, -0.15) is 0 Å². The second kappa shape index (κ2) is 7.47. The summed E-state index contributed by atoms with van der Waals surface area (Å²) < 4.78 is 41.0. The van der Waals surface area contributed by atoms with E-state index in [2.05, 4.69) is 0 Å². The van der Waals surface area contributed by atoms with Crippen LogP contribution in [0.3, 0.4) is 0 Å². The Morgan fingerprint density at radius 2 is 2.11 bits per heavy atom. The van der Waals surface area contributed by atoms with Gasteiger partial charge in [-0.3, -0.25) is 0 Å². The largest absolute Gasteiger partial charge is 0.487 e. The molecule has 0 spiro atoms. The SMILES string of the molecule is Cc1cc(OC/C(F)=C\CN)ccc1S(C)(=O)=O.Cl. The van der Waals surface area contributed by atoms with Gasteiger partial charge in [-0.15, -0.1) is 12.4 Å². The van der Waals surface area contributed by atoms with E-state index in [1.165, 1.54) is 18.2 Å². The lowest BCUT2D eigenvalue weighted by Crippen LogP contribution is -2.03. The second-order valence-electron chi connectivity index (χ2n) is 3.87. The number of sulfone groups is 1. The van der Waals surface area contributed by atoms with Crippen LogP contribution in [0, 0.1) is 6.92 Å². The third-order valence-electron chi connectivity index (χ3n) is 2.26. The third-order valence-corrected chi connectivity index (χ3v) is 3.52. The Labute approximate surface area is 118 Å². The number of nitrogens with two attached hydrogens (primary N) is 1. The first-order chi connectivity index (χ1) is 8.34. The van der Waals surface area contributed by atoms with Crippen molar-refractivity contribution >= 4 is 22.2 Å². The molecular weight excluding hydrogens is 293 g/mol. The molecule has 0 unspecified atom stereocenters. The number of halogens is 2. The molecule has 0 fully saturated rings. The van der Waals surface area contributed by atoms with Crippen LogP contribution in [-0.2, 0) is 9.84 Å². The molecule has 19 heavy (non-hydrogen) atoms. The molecule has 0 aliphatic heterocycles. The van der Waals surface area contributed by atoms with E-state index in [-0.39, 0.29) is 30.5 Å². The predicted molar refractivity (Wildman–Crippen MR) is 75.3 cm³/mol. The zero-order chi connectivity index (χ0) is 13.8. The van der Waals surface area contributed by atoms with Gasteiger partial charge in [0.25, 0.3) is 0 Å². The van der Waals surface area contributed by atoms with Gasteiger partial charge in [0.15, 0.2) is 9.84 Å². The quantitative estimate of drug-likeness (QED) is 0.903. The minimum Gasteiger partial charge on any atom is -0.487 e. The molecule has 0 aliphatic rings. The van der Waals surface area contributed by atoms with Gasteiger partial charge in [0.1, 0.15) is 18.2 Å². The summed E-state index contributed by atoms with van der Waals surface area (Å²) in [5, 5.41) is 0. The van der Waals surface area contributed by atoms with Crippen molar-refractivity contribution in [1.82, 2.24) is 0 Å². The van der Waals surface area contributed by atoms with Crippen LogP contribution in [0.25, 0.3) is 0 Å². The molecule has 0 saturated heterocycles. The molecule has 1 aromatic carbocycles. The van der Waals surface area contributed by atoms with Crippen LogP contribution >= 0.6 is 12.4 Å². The molecule has 0 aromatic heterocycles. The van der Waals surface area contributed by atoms with Crippen molar-refractivity contribution in [3.8, 4) is 5.75 Å². The normalized spacial score (nSPS) is 11.9. The Morgan fingerprint density at radius 1 is 1.47 bits per heavy atom. The smallest absolute Gasteiger partial charge is 0.175 e. The van der Waals surface area contributed by atoms with Crippen molar-refractivity contribution in [3.05, 3.63) is 35.7 Å². The number of ether oxygens (including phenoxy) is 1. The fourth-order valence-corrected chi connectivity index (χ4v) is 2.43. The molecular formula is C12H17ClFNO3S. The maximum Gasteiger partial charge on any atom is 0.175 e. The standard InChI is InChI=1S/C12H16FNO3S.ClH/c1-9-7-11(17-8-10(13)5-6-14)3-4-12(9)18(2,15)16;/h3-5,7H,6,8,14H2,1-2H3;1H/b10-5+;. The van der Waals surface area contributed by atoms with Crippen LogP contribution in [0.5, 0.6) is 5.75 Å². The summed E-state index contributed by atoms with van der Waals surface area (Å²) in [4.78, 5) is 0.243. The Hall–Kier alpha value is -1.11. The lowest BCUT2D eigenvalue weighted by atomic mass is 10.2. The lowest BCUT2D eigenvalue weighted by Gasteiger charge is -2.08. The first-order valence-electron chi connectivity index (χ1n) is 5.32. The first kappa shape index (κ1) is 17.9. The highest BCUT2D eigenvalue weighted by Crippen LogP contribution is 2.21. The molecule has 7 heteroatoms. The summed E-state index contributed by atoms with van der Waals surface area (Å²) in [5.41, 5.74) is 5.72. The van der Waals surface area contributed by atoms with Gasteiger partial charge in [-0.25, -0.2) is 12.8 Å². The van der Waals surface area contributed by atoms with E-state index in [9.17, 15) is 12.8 Å². The van der Waals surface area contributed by atoms with Crippen molar-refractivity contribution in [3.63, 3.8) is 0 Å². The molecule has 108 valence electrons. The van der Waals surface area contributed by atoms with Crippen molar-refractivity contribution in [1.29, 1.82) is 0 Å². The van der Waals surface area contributed by atoms with Gasteiger partial charge in [0, 0.05) is 12.8 Å². The fraction of sp³-hybridized carbons (Fsp3) is 0.333. The first-order valence-corrected chi connectivity index (χ1v) is 7.22. The van der Waals surface area contributed by atoms with Crippen LogP contribution in [0.4, 0.5) is 4.39 Å². The van der Waals surface area contributed by atoms with Gasteiger partial charge >= 0.3 is 0 Å². The highest BCUT2D eigenvalue weighted by atomic mass is 35.5. The van der Waals surface area contributed by atoms with E-state index in [4.69, 9.17) is 10.5 Å². The molecule has 1 rings (SSSR count). The van der Waals surface area contributed by atoms with Crippen molar-refractivity contribution < 1.29 is 17.5 Å². The monoisotopic (exact) mass is 309 g/mol. The molecule has 0 saturated carbocycles. The van der Waals surface area contributed by atoms with Gasteiger partial charge < -0.3 is 10.5 Å². The van der Waals surface area contributed by atoms with Gasteiger partial charge in [0.05, 0.1) is 4.90 Å². The molecule has 4 nitrogen and oxygen atoms in total. The van der Waals surface area contributed by atoms with Crippen molar-refractivity contribution in [2.75, 3.05) is 19.4 Å². The maximum atomic E-state index is 13.0. The van der Waals surface area contributed by atoms with Gasteiger partial charge in [-0.1, -0.05) is 0 Å². The Balaban J connectivity index is 0.00000324. The van der Waals surface area contributed by atoms with E-state index in [1.54, 1.807) is 13.0 Å². The van der Waals surface area contributed by atoms with Crippen LogP contribution < -0.4 is 10.5 Å². The summed E-state index contributed by atoms with van der Waals surface area (Å²) >= 11 is 0. The van der Waals surface area contributed by atoms with E-state index in [0.29, 0.717) is 11.3 Å². The highest BCUT2D eigenvalue weighted by molar-refractivity contribution is 7.90. The Morgan fingerprint density at radius 3 is 2.58 bits per heavy atom. The molecule has 0 aliphatic carbocycles. The lowest BCUT2D eigenvalue weighted by molar-refractivity contribution is 0.318. The second-order valence-corrected chi connectivity index (χ2v) is 5.86. The average Bonchev–Trinajstić information content (AvgIpc) is 2.25. The van der Waals surface area contributed by atoms with E-state index < -0.39 is 15.7 Å². The molecule has 2 N–H and O–H groups in total. The number of rotatable bonds is 5. The van der Waals surface area contributed by atoms with Crippen LogP contribution in [0.2, 0.25) is 0 Å². The summed E-state index contributed by atoms with van der Waals surface area (Å²) in [7, 11) is -3.25. The molecule has 1 aromatic rings. The predicted octanol–water partition coefficient (Wildman–Crippen LogP) is 2.01. The molecule has 0 atom stereocenters. The summed E-state index contributed by atoms with van der Waals surface area (Å²) in [6.45, 7) is 1.56. The van der Waals surface area contributed by atoms with E-state index in [0.717, 1.165) is 6.26 Å². The van der Waals surface area contributed by atoms with Gasteiger partial charge in [0.2, 0.25) is 0 Å². The zero-order valence-corrected chi connectivity index (χ0v) is 12.4. The highest BCUT2D eigenvalue weighted by Gasteiger charge is 2.11. The summed E-state index contributed by atoms with van der Waals surface area (Å²) in [6.07, 6.45) is 2.36. The average molecular weight is 310 g/mol. The van der Waals surface area contributed by atoms with Crippen LogP contribution in [0.15, 0.2) is 35.0 Å². The number of aryl methyl sites for hydroxylation is 1. The molecule has 0 amide bonds. The van der Waals surface area contributed by atoms with Crippen LogP contribution in [-0.4, -0.2) is 27.8 Å². The molecule has 0 heterocycles. The van der Waals surface area contributed by atoms with Crippen LogP contribution in [0.1, 0.15) is 5.56 Å². The molecule has 0 radical (unpaired) electrons. The number of hydrogen-bond acceptors (Lipinski definition) is 4. The Kier molecular flexibility index (Phi) is 7.04. The zero-order valence-electron chi connectivity index (χ0n) is 10.7. The third kappa shape index (κ3) is 5.59. The fourth-order valence-electron chi connectivity index (χ4n) is 1.47. The maximum absolute atomic E-state index is 13.0. The summed E-state index contributed by atoms with van der Waals surface area (Å²) in [5.74, 6) is -0.0391. The minimum atomic E-state index is -3.25. The minimum absolute atomic E-state index is 0. The Bertz CT molecular complexity index is 558. The number of hydrogen-bond donors (Lipinski definition) is 1. The van der Waals surface area contributed by atoms with E-state index in [1.807, 2.05) is 0 Å². The number of benzene rings is 1. The van der Waals surface area contributed by atoms with Gasteiger partial charge in [-0.05, 0) is 36.8 Å². The van der Waals surface area contributed by atoms with Crippen molar-refractivity contribution in [2.45, 2.75) is 11.8 Å². The summed E-state index contributed by atoms with van der Waals surface area (Å²) in [6, 6.07) is 4.51.